The van der Waals surface area contributed by atoms with Crippen molar-refractivity contribution in [3.63, 3.8) is 0 Å². The van der Waals surface area contributed by atoms with Gasteiger partial charge in [0.15, 0.2) is 0 Å². The molecule has 0 aromatic rings. The molecule has 1 nitrogen and oxygen atoms in total. The van der Waals surface area contributed by atoms with Crippen molar-refractivity contribution in [3.05, 3.63) is 0 Å². The molecule has 1 N–H and O–H groups in total. The van der Waals surface area contributed by atoms with E-state index < -0.39 is 0 Å². The number of halogens is 2. The Morgan fingerprint density at radius 2 is 2.10 bits per heavy atom. The second-order valence-electron chi connectivity index (χ2n) is 2.41. The van der Waals surface area contributed by atoms with Crippen molar-refractivity contribution >= 4 is 45.5 Å². The van der Waals surface area contributed by atoms with Crippen LogP contribution in [0.1, 0.15) is 32.6 Å². The zero-order chi connectivity index (χ0) is 7.82. The van der Waals surface area contributed by atoms with Gasteiger partial charge in [-0.25, -0.2) is 0 Å². The number of hydrogen-bond acceptors (Lipinski definition) is 1. The van der Waals surface area contributed by atoms with Crippen LogP contribution in [-0.2, 0) is 0 Å². The third-order valence-corrected chi connectivity index (χ3v) is 3.18. The number of nitrogens with one attached hydrogen (secondary N) is 1. The van der Waals surface area contributed by atoms with Crippen LogP contribution < -0.4 is 3.53 Å². The van der Waals surface area contributed by atoms with Gasteiger partial charge in [-0.15, -0.1) is 0 Å². The molecule has 0 amide bonds. The van der Waals surface area contributed by atoms with Gasteiger partial charge in [0.2, 0.25) is 0 Å². The predicted octanol–water partition coefficient (Wildman–Crippen LogP) is 3.31. The summed E-state index contributed by atoms with van der Waals surface area (Å²) in [6.45, 7) is 3.41. The first-order chi connectivity index (χ1) is 4.81. The van der Waals surface area contributed by atoms with E-state index >= 15 is 0 Å². The molecule has 0 aliphatic heterocycles. The Labute approximate surface area is 91.4 Å². The largest absolute Gasteiger partial charge is 0.261 e. The molecule has 1 unspecified atom stereocenters. The van der Waals surface area contributed by atoms with Gasteiger partial charge in [0.25, 0.3) is 0 Å². The summed E-state index contributed by atoms with van der Waals surface area (Å²) in [7, 11) is 0. The Morgan fingerprint density at radius 1 is 1.40 bits per heavy atom. The van der Waals surface area contributed by atoms with Crippen LogP contribution in [0.3, 0.4) is 0 Å². The van der Waals surface area contributed by atoms with Crippen LogP contribution >= 0.6 is 45.5 Å². The van der Waals surface area contributed by atoms with Gasteiger partial charge in [-0.05, 0) is 19.3 Å². The Morgan fingerprint density at radius 3 is 2.60 bits per heavy atom. The van der Waals surface area contributed by atoms with Crippen LogP contribution in [0.15, 0.2) is 0 Å². The highest BCUT2D eigenvalue weighted by molar-refractivity contribution is 14.1. The maximum atomic E-state index is 3.13. The van der Waals surface area contributed by atoms with Crippen LogP contribution in [0.5, 0.6) is 0 Å². The van der Waals surface area contributed by atoms with Crippen LogP contribution in [0.25, 0.3) is 0 Å². The van der Waals surface area contributed by atoms with Gasteiger partial charge in [-0.3, -0.25) is 3.53 Å². The van der Waals surface area contributed by atoms with Gasteiger partial charge < -0.3 is 0 Å². The minimum absolute atomic E-state index is 0.896. The lowest BCUT2D eigenvalue weighted by atomic mass is 10.2. The quantitative estimate of drug-likeness (QED) is 0.329. The second-order valence-corrected chi connectivity index (χ2v) is 4.94. The number of rotatable bonds is 6. The molecule has 0 aliphatic rings. The summed E-state index contributed by atoms with van der Waals surface area (Å²) in [5.74, 6) is 0. The van der Waals surface area contributed by atoms with Gasteiger partial charge in [0.05, 0.1) is 0 Å². The van der Waals surface area contributed by atoms with E-state index in [0.29, 0.717) is 0 Å². The molecule has 0 saturated heterocycles. The summed E-state index contributed by atoms with van der Waals surface area (Å²) in [5, 5.41) is 0. The fraction of sp³-hybridized carbons (Fsp3) is 1.00. The van der Waals surface area contributed by atoms with Crippen molar-refractivity contribution in [2.45, 2.75) is 36.5 Å². The molecule has 0 aromatic heterocycles. The first kappa shape index (κ1) is 11.4. The van der Waals surface area contributed by atoms with Gasteiger partial charge in [-0.1, -0.05) is 35.9 Å². The van der Waals surface area contributed by atoms with Crippen LogP contribution in [0, 0.1) is 0 Å². The highest BCUT2D eigenvalue weighted by Gasteiger charge is 2.00. The van der Waals surface area contributed by atoms with Crippen LogP contribution in [0.2, 0.25) is 0 Å². The summed E-state index contributed by atoms with van der Waals surface area (Å²) in [4.78, 5) is 0. The molecule has 0 rings (SSSR count). The Bertz CT molecular complexity index is 68.6. The normalized spacial score (nSPS) is 13.5. The highest BCUT2D eigenvalue weighted by atomic mass is 127. The van der Waals surface area contributed by atoms with Gasteiger partial charge in [0.1, 0.15) is 0 Å². The van der Waals surface area contributed by atoms with Gasteiger partial charge in [-0.2, -0.15) is 0 Å². The van der Waals surface area contributed by atoms with E-state index in [1.54, 1.807) is 0 Å². The second kappa shape index (κ2) is 8.52. The van der Waals surface area contributed by atoms with Gasteiger partial charge >= 0.3 is 0 Å². The third kappa shape index (κ3) is 7.53. The average molecular weight is 367 g/mol. The van der Waals surface area contributed by atoms with E-state index in [1.165, 1.54) is 25.7 Å². The molecule has 10 heavy (non-hydrogen) atoms. The lowest BCUT2D eigenvalue weighted by Crippen LogP contribution is -2.04. The van der Waals surface area contributed by atoms with E-state index in [4.69, 9.17) is 0 Å². The van der Waals surface area contributed by atoms with Crippen molar-refractivity contribution in [2.24, 2.45) is 0 Å². The summed E-state index contributed by atoms with van der Waals surface area (Å²) in [6.07, 6.45) is 5.38. The van der Waals surface area contributed by atoms with Crippen molar-refractivity contribution in [1.29, 1.82) is 0 Å². The minimum atomic E-state index is 0.896. The topological polar surface area (TPSA) is 12.0 Å². The van der Waals surface area contributed by atoms with Crippen molar-refractivity contribution in [3.8, 4) is 0 Å². The molecule has 0 bridgehead atoms. The maximum absolute atomic E-state index is 3.13. The summed E-state index contributed by atoms with van der Waals surface area (Å²) in [5.41, 5.74) is 0. The Hall–Kier alpha value is 1.42. The third-order valence-electron chi connectivity index (χ3n) is 1.39. The molecule has 0 radical (unpaired) electrons. The monoisotopic (exact) mass is 367 g/mol. The molecule has 0 spiro atoms. The van der Waals surface area contributed by atoms with Crippen molar-refractivity contribution in [1.82, 2.24) is 3.53 Å². The molecule has 0 heterocycles. The van der Waals surface area contributed by atoms with Crippen LogP contribution in [-0.4, -0.2) is 10.5 Å². The molecular weight excluding hydrogens is 352 g/mol. The van der Waals surface area contributed by atoms with Crippen LogP contribution in [0.4, 0.5) is 0 Å². The summed E-state index contributed by atoms with van der Waals surface area (Å²) < 4.78 is 4.03. The van der Waals surface area contributed by atoms with Gasteiger partial charge in [0, 0.05) is 33.3 Å². The Balaban J connectivity index is 2.97. The average Bonchev–Trinajstić information content (AvgIpc) is 1.89. The first-order valence-corrected chi connectivity index (χ1v) is 6.11. The molecule has 0 saturated carbocycles. The minimum Gasteiger partial charge on any atom is -0.261 e. The van der Waals surface area contributed by atoms with E-state index in [1.807, 2.05) is 0 Å². The lowest BCUT2D eigenvalue weighted by Gasteiger charge is -2.06. The molecule has 3 heteroatoms. The number of hydrogen-bond donors (Lipinski definition) is 1. The lowest BCUT2D eigenvalue weighted by molar-refractivity contribution is 0.665. The fourth-order valence-electron chi connectivity index (χ4n) is 0.848. The standard InChI is InChI=1S/C7H15I2N/c1-2-4-7(8)5-3-6-10-9/h7,10H,2-6H2,1H3. The predicted molar refractivity (Wildman–Crippen MR) is 64.0 cm³/mol. The van der Waals surface area contributed by atoms with Crippen molar-refractivity contribution in [2.75, 3.05) is 6.54 Å². The first-order valence-electron chi connectivity index (χ1n) is 3.78. The smallest absolute Gasteiger partial charge is 0.0169 e. The highest BCUT2D eigenvalue weighted by Crippen LogP contribution is 2.14. The van der Waals surface area contributed by atoms with Crippen molar-refractivity contribution < 1.29 is 0 Å². The summed E-state index contributed by atoms with van der Waals surface area (Å²) >= 11 is 4.75. The molecule has 0 aliphatic carbocycles. The van der Waals surface area contributed by atoms with E-state index in [2.05, 4.69) is 55.9 Å². The van der Waals surface area contributed by atoms with E-state index in [0.717, 1.165) is 10.5 Å². The zero-order valence-electron chi connectivity index (χ0n) is 6.37. The molecular formula is C7H15I2N. The zero-order valence-corrected chi connectivity index (χ0v) is 10.7. The SMILES string of the molecule is CCCC(I)CCCNI. The fourth-order valence-corrected chi connectivity index (χ4v) is 2.29. The Kier molecular flexibility index (Phi) is 9.73. The molecule has 0 aromatic carbocycles. The molecule has 0 fully saturated rings. The molecule has 62 valence electrons. The molecule has 1 atom stereocenters. The van der Waals surface area contributed by atoms with E-state index in [-0.39, 0.29) is 0 Å². The number of alkyl halides is 1. The maximum Gasteiger partial charge on any atom is 0.0169 e. The van der Waals surface area contributed by atoms with E-state index in [9.17, 15) is 0 Å². The summed E-state index contributed by atoms with van der Waals surface area (Å²) in [6, 6.07) is 0.